The summed E-state index contributed by atoms with van der Waals surface area (Å²) in [6.45, 7) is 0. The van der Waals surface area contributed by atoms with Crippen LogP contribution in [-0.4, -0.2) is 36.2 Å². The molecule has 26 heavy (non-hydrogen) atoms. The number of phenols is 1. The van der Waals surface area contributed by atoms with Crippen LogP contribution in [0.15, 0.2) is 30.3 Å². The lowest BCUT2D eigenvalue weighted by Gasteiger charge is -2.12. The van der Waals surface area contributed by atoms with E-state index in [0.29, 0.717) is 16.9 Å². The molecular formula is C17H19O8P. The van der Waals surface area contributed by atoms with Crippen LogP contribution in [0.1, 0.15) is 11.1 Å². The Kier molecular flexibility index (Phi) is 6.15. The Hall–Kier alpha value is -2.67. The molecule has 0 amide bonds. The maximum Gasteiger partial charge on any atom is 0.524 e. The van der Waals surface area contributed by atoms with Gasteiger partial charge < -0.3 is 23.8 Å². The Bertz CT molecular complexity index is 856. The zero-order valence-electron chi connectivity index (χ0n) is 14.4. The number of phosphoric ester groups is 1. The van der Waals surface area contributed by atoms with E-state index in [1.54, 1.807) is 24.3 Å². The quantitative estimate of drug-likeness (QED) is 0.494. The van der Waals surface area contributed by atoms with Gasteiger partial charge in [-0.05, 0) is 35.4 Å². The first-order valence-corrected chi connectivity index (χ1v) is 8.86. The first-order valence-electron chi connectivity index (χ1n) is 7.33. The summed E-state index contributed by atoms with van der Waals surface area (Å²) in [7, 11) is -0.472. The van der Waals surface area contributed by atoms with Gasteiger partial charge in [0.2, 0.25) is 5.75 Å². The first-order chi connectivity index (χ1) is 12.3. The van der Waals surface area contributed by atoms with Crippen LogP contribution in [0.25, 0.3) is 12.2 Å². The van der Waals surface area contributed by atoms with Gasteiger partial charge in [0, 0.05) is 0 Å². The fourth-order valence-electron chi connectivity index (χ4n) is 2.25. The van der Waals surface area contributed by atoms with Crippen molar-refractivity contribution in [2.45, 2.75) is 0 Å². The van der Waals surface area contributed by atoms with Crippen molar-refractivity contribution < 1.29 is 38.2 Å². The maximum atomic E-state index is 11.1. The molecule has 0 fully saturated rings. The van der Waals surface area contributed by atoms with Gasteiger partial charge in [-0.25, -0.2) is 4.57 Å². The molecule has 8 nitrogen and oxygen atoms in total. The SMILES string of the molecule is COc1ccc(/C=C\c2cc(O)c(OC)c(OC)c2)cc1OP(=O)(O)O. The lowest BCUT2D eigenvalue weighted by Crippen LogP contribution is -1.94. The van der Waals surface area contributed by atoms with Crippen molar-refractivity contribution in [1.29, 1.82) is 0 Å². The molecule has 0 atom stereocenters. The van der Waals surface area contributed by atoms with Crippen LogP contribution in [-0.2, 0) is 4.57 Å². The molecule has 0 spiro atoms. The molecule has 0 unspecified atom stereocenters. The third-order valence-electron chi connectivity index (χ3n) is 3.35. The Labute approximate surface area is 150 Å². The van der Waals surface area contributed by atoms with Crippen LogP contribution in [0.2, 0.25) is 0 Å². The molecule has 9 heteroatoms. The summed E-state index contributed by atoms with van der Waals surface area (Å²) in [5.74, 6) is 0.623. The van der Waals surface area contributed by atoms with Gasteiger partial charge in [-0.2, -0.15) is 0 Å². The minimum Gasteiger partial charge on any atom is -0.504 e. The molecule has 0 aliphatic carbocycles. The number of hydrogen-bond donors (Lipinski definition) is 3. The molecule has 3 N–H and O–H groups in total. The second-order valence-electron chi connectivity index (χ2n) is 5.10. The van der Waals surface area contributed by atoms with E-state index < -0.39 is 7.82 Å². The van der Waals surface area contributed by atoms with E-state index in [1.165, 1.54) is 39.5 Å². The zero-order valence-corrected chi connectivity index (χ0v) is 15.3. The summed E-state index contributed by atoms with van der Waals surface area (Å²) in [5.41, 5.74) is 1.23. The molecule has 0 saturated carbocycles. The van der Waals surface area contributed by atoms with Gasteiger partial charge in [-0.1, -0.05) is 18.2 Å². The van der Waals surface area contributed by atoms with Gasteiger partial charge in [0.1, 0.15) is 0 Å². The Morgan fingerprint density at radius 1 is 0.846 bits per heavy atom. The summed E-state index contributed by atoms with van der Waals surface area (Å²) in [4.78, 5) is 18.0. The van der Waals surface area contributed by atoms with Crippen molar-refractivity contribution in [1.82, 2.24) is 0 Å². The minimum atomic E-state index is -4.72. The van der Waals surface area contributed by atoms with Crippen LogP contribution < -0.4 is 18.7 Å². The zero-order chi connectivity index (χ0) is 19.3. The molecule has 2 aromatic carbocycles. The van der Waals surface area contributed by atoms with Gasteiger partial charge >= 0.3 is 7.82 Å². The number of phenolic OH excluding ortho intramolecular Hbond substituents is 1. The van der Waals surface area contributed by atoms with Crippen LogP contribution >= 0.6 is 7.82 Å². The van der Waals surface area contributed by atoms with Gasteiger partial charge in [0.05, 0.1) is 21.3 Å². The van der Waals surface area contributed by atoms with E-state index in [2.05, 4.69) is 4.52 Å². The molecular weight excluding hydrogens is 363 g/mol. The van der Waals surface area contributed by atoms with Crippen LogP contribution in [0, 0.1) is 0 Å². The molecule has 0 aliphatic heterocycles. The Morgan fingerprint density at radius 2 is 1.46 bits per heavy atom. The van der Waals surface area contributed by atoms with E-state index in [0.717, 1.165) is 0 Å². The molecule has 0 aromatic heterocycles. The molecule has 0 bridgehead atoms. The summed E-state index contributed by atoms with van der Waals surface area (Å²) in [6.07, 6.45) is 3.36. The van der Waals surface area contributed by atoms with Crippen molar-refractivity contribution in [2.75, 3.05) is 21.3 Å². The maximum absolute atomic E-state index is 11.1. The molecule has 0 heterocycles. The third-order valence-corrected chi connectivity index (χ3v) is 3.79. The fraction of sp³-hybridized carbons (Fsp3) is 0.176. The summed E-state index contributed by atoms with van der Waals surface area (Å²) in [5, 5.41) is 9.98. The van der Waals surface area contributed by atoms with Gasteiger partial charge in [0.15, 0.2) is 23.0 Å². The molecule has 0 saturated heterocycles. The van der Waals surface area contributed by atoms with Crippen molar-refractivity contribution in [2.24, 2.45) is 0 Å². The number of hydrogen-bond acceptors (Lipinski definition) is 6. The summed E-state index contributed by atoms with van der Waals surface area (Å²) >= 11 is 0. The number of ether oxygens (including phenoxy) is 3. The van der Waals surface area contributed by atoms with Crippen LogP contribution in [0.3, 0.4) is 0 Å². The van der Waals surface area contributed by atoms with Crippen LogP contribution in [0.4, 0.5) is 0 Å². The third kappa shape index (κ3) is 4.92. The monoisotopic (exact) mass is 382 g/mol. The number of rotatable bonds is 7. The molecule has 0 radical (unpaired) electrons. The van der Waals surface area contributed by atoms with Crippen molar-refractivity contribution in [3.8, 4) is 28.7 Å². The van der Waals surface area contributed by atoms with E-state index in [9.17, 15) is 9.67 Å². The average molecular weight is 382 g/mol. The van der Waals surface area contributed by atoms with Gasteiger partial charge in [-0.15, -0.1) is 0 Å². The highest BCUT2D eigenvalue weighted by Gasteiger charge is 2.19. The second-order valence-corrected chi connectivity index (χ2v) is 6.26. The van der Waals surface area contributed by atoms with E-state index in [1.807, 2.05) is 0 Å². The van der Waals surface area contributed by atoms with E-state index in [4.69, 9.17) is 24.0 Å². The average Bonchev–Trinajstić information content (AvgIpc) is 2.58. The smallest absolute Gasteiger partial charge is 0.504 e. The van der Waals surface area contributed by atoms with Gasteiger partial charge in [0.25, 0.3) is 0 Å². The number of benzene rings is 2. The summed E-state index contributed by atoms with van der Waals surface area (Å²) in [6, 6.07) is 7.80. The summed E-state index contributed by atoms with van der Waals surface area (Å²) < 4.78 is 31.0. The second kappa shape index (κ2) is 8.14. The Morgan fingerprint density at radius 3 is 2.04 bits per heavy atom. The number of aromatic hydroxyl groups is 1. The lowest BCUT2D eigenvalue weighted by atomic mass is 10.1. The standard InChI is InChI=1S/C17H19O8P/c1-22-14-7-6-11(9-15(14)25-26(19,20)21)4-5-12-8-13(18)17(24-3)16(10-12)23-2/h4-10,18H,1-3H3,(H2,19,20,21)/b5-4-. The first kappa shape index (κ1) is 19.7. The normalized spacial score (nSPS) is 11.4. The Balaban J connectivity index is 2.35. The lowest BCUT2D eigenvalue weighted by molar-refractivity contribution is 0.276. The highest BCUT2D eigenvalue weighted by molar-refractivity contribution is 7.46. The van der Waals surface area contributed by atoms with E-state index in [-0.39, 0.29) is 23.0 Å². The van der Waals surface area contributed by atoms with Crippen molar-refractivity contribution in [3.63, 3.8) is 0 Å². The molecule has 2 rings (SSSR count). The van der Waals surface area contributed by atoms with Crippen molar-refractivity contribution in [3.05, 3.63) is 41.5 Å². The van der Waals surface area contributed by atoms with Gasteiger partial charge in [-0.3, -0.25) is 9.79 Å². The van der Waals surface area contributed by atoms with Crippen LogP contribution in [0.5, 0.6) is 28.7 Å². The fourth-order valence-corrected chi connectivity index (χ4v) is 2.65. The molecule has 140 valence electrons. The topological polar surface area (TPSA) is 115 Å². The van der Waals surface area contributed by atoms with Crippen molar-refractivity contribution >= 4 is 20.0 Å². The predicted molar refractivity (Wildman–Crippen MR) is 95.8 cm³/mol. The largest absolute Gasteiger partial charge is 0.524 e. The number of phosphoric acid groups is 1. The molecule has 0 aliphatic rings. The van der Waals surface area contributed by atoms with E-state index >= 15 is 0 Å². The molecule has 2 aromatic rings. The highest BCUT2D eigenvalue weighted by Crippen LogP contribution is 2.42. The number of methoxy groups -OCH3 is 3. The highest BCUT2D eigenvalue weighted by atomic mass is 31.2. The minimum absolute atomic E-state index is 0.0771. The predicted octanol–water partition coefficient (Wildman–Crippen LogP) is 3.06.